The molecule has 1 unspecified atom stereocenters. The highest BCUT2D eigenvalue weighted by molar-refractivity contribution is 5.87. The van der Waals surface area contributed by atoms with E-state index in [1.807, 2.05) is 82.7 Å². The van der Waals surface area contributed by atoms with E-state index in [1.54, 1.807) is 0 Å². The molecule has 0 spiro atoms. The highest BCUT2D eigenvalue weighted by Gasteiger charge is 2.37. The van der Waals surface area contributed by atoms with Gasteiger partial charge in [-0.15, -0.1) is 0 Å². The number of H-pyrrole nitrogens is 1. The summed E-state index contributed by atoms with van der Waals surface area (Å²) in [7, 11) is 2.67. The Kier molecular flexibility index (Phi) is 11.2. The van der Waals surface area contributed by atoms with Crippen LogP contribution in [0.15, 0.2) is 102 Å². The van der Waals surface area contributed by atoms with Crippen molar-refractivity contribution in [3.8, 4) is 11.1 Å². The van der Waals surface area contributed by atoms with Gasteiger partial charge >= 0.3 is 6.09 Å². The molecule has 54 heavy (non-hydrogen) atoms. The fourth-order valence-electron chi connectivity index (χ4n) is 7.48. The number of carbonyl (C=O) groups is 3. The number of rotatable bonds is 12. The van der Waals surface area contributed by atoms with Crippen molar-refractivity contribution in [2.45, 2.75) is 56.3 Å². The van der Waals surface area contributed by atoms with Gasteiger partial charge in [-0.2, -0.15) is 4.89 Å². The van der Waals surface area contributed by atoms with Crippen molar-refractivity contribution >= 4 is 35.5 Å². The largest absolute Gasteiger partial charge is 0.453 e. The van der Waals surface area contributed by atoms with Crippen molar-refractivity contribution in [3.63, 3.8) is 0 Å². The molecule has 7 rings (SSSR count). The van der Waals surface area contributed by atoms with Gasteiger partial charge in [0.15, 0.2) is 11.7 Å². The molecule has 5 aromatic rings. The number of methoxy groups -OCH3 is 1. The fourth-order valence-corrected chi connectivity index (χ4v) is 7.48. The number of hydrogen-bond donors (Lipinski definition) is 2. The predicted molar refractivity (Wildman–Crippen MR) is 202 cm³/mol. The van der Waals surface area contributed by atoms with Crippen LogP contribution in [0.25, 0.3) is 22.3 Å². The molecule has 4 atom stereocenters. The second kappa shape index (κ2) is 16.7. The molecule has 3 aromatic carbocycles. The number of aromatic nitrogens is 3. The Morgan fingerprint density at radius 1 is 0.889 bits per heavy atom. The number of ether oxygens (including phenoxy) is 1. The van der Waals surface area contributed by atoms with E-state index in [4.69, 9.17) is 19.6 Å². The van der Waals surface area contributed by atoms with Crippen LogP contribution >= 0.6 is 0 Å². The first-order valence-electron chi connectivity index (χ1n) is 18.1. The standard InChI is InChI=1S/C41H43N7O6/c1-52-41(51)45-36(30-13-7-4-8-14-30)40(50)47-21-9-15-32(47)23-27-17-19-28(20-18-27)31-24-33-37(42-25-31)46-38(44-33)34-16-10-22-48(34)39(49)35(43-26-54-53-2)29-11-5-3-6-12-29/h3-8,11-14,17-20,24-26,32,34-36H,9-10,15-16,21-23H2,1-2H3,(H,45,51)(H,42,44,46)/b43-26-/t32-,34-,35+,36?/m0/s1. The van der Waals surface area contributed by atoms with Gasteiger partial charge in [-0.05, 0) is 60.4 Å². The van der Waals surface area contributed by atoms with Crippen LogP contribution in [-0.2, 0) is 30.5 Å². The lowest BCUT2D eigenvalue weighted by Crippen LogP contribution is -2.45. The van der Waals surface area contributed by atoms with Crippen LogP contribution in [-0.4, -0.2) is 82.4 Å². The second-order valence-electron chi connectivity index (χ2n) is 13.4. The molecule has 2 aromatic heterocycles. The number of alkyl carbamates (subject to hydrolysis) is 1. The minimum Gasteiger partial charge on any atom is -0.453 e. The Bertz CT molecular complexity index is 2090. The topological polar surface area (TPSA) is 151 Å². The molecule has 0 saturated carbocycles. The third kappa shape index (κ3) is 7.96. The van der Waals surface area contributed by atoms with Crippen LogP contribution in [0.2, 0.25) is 0 Å². The fraction of sp³-hybridized carbons (Fsp3) is 0.317. The van der Waals surface area contributed by atoms with Crippen LogP contribution in [0.5, 0.6) is 0 Å². The highest BCUT2D eigenvalue weighted by Crippen LogP contribution is 2.35. The first-order valence-corrected chi connectivity index (χ1v) is 18.1. The third-order valence-corrected chi connectivity index (χ3v) is 10.2. The van der Waals surface area contributed by atoms with Crippen molar-refractivity contribution in [1.29, 1.82) is 0 Å². The average molecular weight is 730 g/mol. The summed E-state index contributed by atoms with van der Waals surface area (Å²) in [5.41, 5.74) is 5.84. The summed E-state index contributed by atoms with van der Waals surface area (Å²) < 4.78 is 4.83. The van der Waals surface area contributed by atoms with E-state index >= 15 is 0 Å². The zero-order valence-electron chi connectivity index (χ0n) is 30.3. The van der Waals surface area contributed by atoms with Gasteiger partial charge in [-0.3, -0.25) is 9.59 Å². The van der Waals surface area contributed by atoms with Crippen LogP contribution in [0, 0.1) is 0 Å². The number of fused-ring (bicyclic) bond motifs is 1. The van der Waals surface area contributed by atoms with Crippen molar-refractivity contribution < 1.29 is 28.9 Å². The van der Waals surface area contributed by atoms with E-state index in [0.717, 1.165) is 54.3 Å². The normalized spacial score (nSPS) is 18.2. The summed E-state index contributed by atoms with van der Waals surface area (Å²) in [6.07, 6.45) is 6.39. The van der Waals surface area contributed by atoms with Gasteiger partial charge < -0.3 is 29.7 Å². The van der Waals surface area contributed by atoms with Crippen molar-refractivity contribution in [1.82, 2.24) is 30.1 Å². The van der Waals surface area contributed by atoms with E-state index in [9.17, 15) is 14.4 Å². The molecule has 2 saturated heterocycles. The molecule has 3 amide bonds. The number of likely N-dealkylation sites (tertiary alicyclic amines) is 2. The van der Waals surface area contributed by atoms with Gasteiger partial charge in [0, 0.05) is 30.9 Å². The van der Waals surface area contributed by atoms with Gasteiger partial charge in [0.25, 0.3) is 5.91 Å². The molecule has 2 fully saturated rings. The number of aliphatic imine (C=N–C) groups is 1. The number of nitrogens with zero attached hydrogens (tertiary/aromatic N) is 5. The van der Waals surface area contributed by atoms with E-state index in [1.165, 1.54) is 14.2 Å². The molecule has 2 N–H and O–H groups in total. The zero-order chi connectivity index (χ0) is 37.4. The van der Waals surface area contributed by atoms with Gasteiger partial charge in [-0.1, -0.05) is 84.9 Å². The van der Waals surface area contributed by atoms with Gasteiger partial charge in [-0.25, -0.2) is 19.8 Å². The summed E-state index contributed by atoms with van der Waals surface area (Å²) in [5.74, 6) is 0.397. The number of hydrogen-bond acceptors (Lipinski definition) is 9. The van der Waals surface area contributed by atoms with Gasteiger partial charge in [0.2, 0.25) is 12.3 Å². The van der Waals surface area contributed by atoms with Crippen LogP contribution in [0.1, 0.15) is 66.3 Å². The summed E-state index contributed by atoms with van der Waals surface area (Å²) in [5, 5.41) is 2.73. The first-order chi connectivity index (χ1) is 26.4. The van der Waals surface area contributed by atoms with E-state index in [2.05, 4.69) is 44.4 Å². The molecule has 0 aliphatic carbocycles. The summed E-state index contributed by atoms with van der Waals surface area (Å²) in [6, 6.07) is 27.1. The molecule has 0 bridgehead atoms. The molecule has 13 heteroatoms. The quantitative estimate of drug-likeness (QED) is 0.0661. The molecule has 2 aliphatic rings. The number of nitrogens with one attached hydrogen (secondary N) is 2. The average Bonchev–Trinajstić information content (AvgIpc) is 3.99. The third-order valence-electron chi connectivity index (χ3n) is 10.2. The lowest BCUT2D eigenvalue weighted by atomic mass is 9.99. The Labute approximate surface area is 313 Å². The lowest BCUT2D eigenvalue weighted by molar-refractivity contribution is -0.188. The van der Waals surface area contributed by atoms with Crippen LogP contribution in [0.4, 0.5) is 4.79 Å². The molecule has 0 radical (unpaired) electrons. The molecule has 13 nitrogen and oxygen atoms in total. The molecular formula is C41H43N7O6. The maximum absolute atomic E-state index is 13.9. The smallest absolute Gasteiger partial charge is 0.407 e. The van der Waals surface area contributed by atoms with E-state index in [-0.39, 0.29) is 23.9 Å². The summed E-state index contributed by atoms with van der Waals surface area (Å²) in [4.78, 5) is 70.5. The second-order valence-corrected chi connectivity index (χ2v) is 13.4. The summed E-state index contributed by atoms with van der Waals surface area (Å²) in [6.45, 7) is 1.21. The Morgan fingerprint density at radius 2 is 1.59 bits per heavy atom. The zero-order valence-corrected chi connectivity index (χ0v) is 30.3. The van der Waals surface area contributed by atoms with Crippen molar-refractivity contribution in [2.75, 3.05) is 27.3 Å². The van der Waals surface area contributed by atoms with Crippen molar-refractivity contribution in [3.05, 3.63) is 120 Å². The summed E-state index contributed by atoms with van der Waals surface area (Å²) >= 11 is 0. The van der Waals surface area contributed by atoms with Crippen LogP contribution in [0.3, 0.4) is 0 Å². The number of carbonyl (C=O) groups excluding carboxylic acids is 3. The van der Waals surface area contributed by atoms with Crippen molar-refractivity contribution in [2.24, 2.45) is 4.99 Å². The highest BCUT2D eigenvalue weighted by atomic mass is 17.2. The van der Waals surface area contributed by atoms with E-state index < -0.39 is 18.2 Å². The first kappa shape index (κ1) is 36.3. The minimum absolute atomic E-state index is 0.00463. The number of amides is 3. The molecule has 2 aliphatic heterocycles. The Morgan fingerprint density at radius 3 is 2.31 bits per heavy atom. The van der Waals surface area contributed by atoms with Crippen LogP contribution < -0.4 is 5.32 Å². The minimum atomic E-state index is -0.828. The van der Waals surface area contributed by atoms with Gasteiger partial charge in [0.1, 0.15) is 17.4 Å². The SMILES string of the molecule is COO/C=N\[C@@H](C(=O)N1CCC[C@H]1c1nc2cc(-c3ccc(C[C@@H]4CCCN4C(=O)C(NC(=O)OC)c4ccccc4)cc3)cnc2[nH]1)c1ccccc1. The Balaban J connectivity index is 1.05. The number of benzene rings is 3. The number of imidazole rings is 1. The van der Waals surface area contributed by atoms with Gasteiger partial charge in [0.05, 0.1) is 20.3 Å². The lowest BCUT2D eigenvalue weighted by Gasteiger charge is -2.29. The predicted octanol–water partition coefficient (Wildman–Crippen LogP) is 6.27. The Hall–Kier alpha value is -6.08. The maximum atomic E-state index is 13.9. The molecule has 4 heterocycles. The number of pyridine rings is 1. The monoisotopic (exact) mass is 729 g/mol. The molecule has 278 valence electrons. The van der Waals surface area contributed by atoms with E-state index in [0.29, 0.717) is 42.1 Å². The number of aromatic amines is 1. The molecular weight excluding hydrogens is 686 g/mol. The maximum Gasteiger partial charge on any atom is 0.407 e.